The van der Waals surface area contributed by atoms with Crippen molar-refractivity contribution in [2.45, 2.75) is 34.6 Å². The van der Waals surface area contributed by atoms with E-state index in [2.05, 4.69) is 37.9 Å². The van der Waals surface area contributed by atoms with E-state index in [9.17, 15) is 0 Å². The molecule has 2 rings (SSSR count). The van der Waals surface area contributed by atoms with Crippen molar-refractivity contribution in [2.24, 2.45) is 7.05 Å². The van der Waals surface area contributed by atoms with Crippen molar-refractivity contribution >= 4 is 0 Å². The van der Waals surface area contributed by atoms with Crippen molar-refractivity contribution < 1.29 is 0 Å². The highest BCUT2D eigenvalue weighted by Crippen LogP contribution is 2.20. The second kappa shape index (κ2) is 3.47. The third kappa shape index (κ3) is 1.37. The first kappa shape index (κ1) is 10.9. The Balaban J connectivity index is 2.68. The van der Waals surface area contributed by atoms with Gasteiger partial charge in [0.15, 0.2) is 5.82 Å². The van der Waals surface area contributed by atoms with Crippen LogP contribution in [0.2, 0.25) is 0 Å². The van der Waals surface area contributed by atoms with E-state index in [1.807, 2.05) is 23.3 Å². The Kier molecular flexibility index (Phi) is 2.37. The molecule has 2 aromatic rings. The lowest BCUT2D eigenvalue weighted by atomic mass is 10.2. The van der Waals surface area contributed by atoms with Crippen LogP contribution in [0.1, 0.15) is 28.2 Å². The smallest absolute Gasteiger partial charge is 0.178 e. The maximum Gasteiger partial charge on any atom is 0.178 e. The molecular weight excluding hydrogens is 200 g/mol. The van der Waals surface area contributed by atoms with Gasteiger partial charge in [-0.3, -0.25) is 4.68 Å². The summed E-state index contributed by atoms with van der Waals surface area (Å²) < 4.78 is 3.84. The third-order valence-electron chi connectivity index (χ3n) is 3.46. The van der Waals surface area contributed by atoms with Crippen LogP contribution in [-0.4, -0.2) is 19.6 Å². The van der Waals surface area contributed by atoms with Gasteiger partial charge in [-0.05, 0) is 40.2 Å². The molecule has 0 saturated heterocycles. The first-order valence-corrected chi connectivity index (χ1v) is 5.47. The first-order valence-electron chi connectivity index (χ1n) is 5.47. The zero-order valence-corrected chi connectivity index (χ0v) is 10.8. The molecule has 0 aliphatic heterocycles. The highest BCUT2D eigenvalue weighted by Gasteiger charge is 2.15. The summed E-state index contributed by atoms with van der Waals surface area (Å²) in [7, 11) is 1.96. The van der Waals surface area contributed by atoms with E-state index in [-0.39, 0.29) is 0 Å². The molecule has 0 amide bonds. The lowest BCUT2D eigenvalue weighted by Crippen LogP contribution is -2.02. The molecule has 2 aromatic heterocycles. The maximum absolute atomic E-state index is 4.54. The molecule has 4 heteroatoms. The minimum atomic E-state index is 0.939. The molecule has 0 N–H and O–H groups in total. The van der Waals surface area contributed by atoms with Gasteiger partial charge in [0, 0.05) is 24.0 Å². The van der Waals surface area contributed by atoms with Gasteiger partial charge in [0.05, 0.1) is 5.69 Å². The van der Waals surface area contributed by atoms with E-state index in [0.717, 1.165) is 11.5 Å². The average Bonchev–Trinajstić information content (AvgIpc) is 2.64. The molecule has 0 fully saturated rings. The molecule has 0 saturated carbocycles. The standard InChI is InChI=1S/C12H18N4/c1-7-9(3)13-16(11(7)5)12-8(2)10(4)15(6)14-12/h1-6H3. The number of aromatic nitrogens is 4. The van der Waals surface area contributed by atoms with Crippen LogP contribution < -0.4 is 0 Å². The highest BCUT2D eigenvalue weighted by molar-refractivity contribution is 5.39. The average molecular weight is 218 g/mol. The van der Waals surface area contributed by atoms with E-state index in [1.54, 1.807) is 0 Å². The lowest BCUT2D eigenvalue weighted by Gasteiger charge is -2.01. The maximum atomic E-state index is 4.54. The molecule has 0 spiro atoms. The molecule has 2 heterocycles. The summed E-state index contributed by atoms with van der Waals surface area (Å²) in [6.07, 6.45) is 0. The molecule has 16 heavy (non-hydrogen) atoms. The fourth-order valence-corrected chi connectivity index (χ4v) is 1.82. The van der Waals surface area contributed by atoms with Crippen LogP contribution in [0.3, 0.4) is 0 Å². The Bertz CT molecular complexity index is 496. The Morgan fingerprint density at radius 2 is 1.44 bits per heavy atom. The van der Waals surface area contributed by atoms with Crippen LogP contribution in [0.4, 0.5) is 0 Å². The van der Waals surface area contributed by atoms with Crippen molar-refractivity contribution in [3.05, 3.63) is 28.2 Å². The second-order valence-electron chi connectivity index (χ2n) is 4.37. The fourth-order valence-electron chi connectivity index (χ4n) is 1.82. The van der Waals surface area contributed by atoms with E-state index < -0.39 is 0 Å². The van der Waals surface area contributed by atoms with Gasteiger partial charge in [0.25, 0.3) is 0 Å². The van der Waals surface area contributed by atoms with E-state index in [4.69, 9.17) is 0 Å². The monoisotopic (exact) mass is 218 g/mol. The SMILES string of the molecule is Cc1nn(-c2nn(C)c(C)c2C)c(C)c1C. The lowest BCUT2D eigenvalue weighted by molar-refractivity contribution is 0.706. The molecule has 0 aliphatic rings. The number of hydrogen-bond donors (Lipinski definition) is 0. The number of hydrogen-bond acceptors (Lipinski definition) is 2. The van der Waals surface area contributed by atoms with Crippen LogP contribution in [-0.2, 0) is 7.05 Å². The summed E-state index contributed by atoms with van der Waals surface area (Å²) >= 11 is 0. The molecule has 0 aliphatic carbocycles. The van der Waals surface area contributed by atoms with Crippen LogP contribution in [0, 0.1) is 34.6 Å². The topological polar surface area (TPSA) is 35.6 Å². The summed E-state index contributed by atoms with van der Waals surface area (Å²) in [4.78, 5) is 0. The van der Waals surface area contributed by atoms with Crippen LogP contribution in [0.5, 0.6) is 0 Å². The minimum Gasteiger partial charge on any atom is -0.270 e. The first-order chi connectivity index (χ1) is 7.43. The van der Waals surface area contributed by atoms with Crippen molar-refractivity contribution in [3.8, 4) is 5.82 Å². The number of rotatable bonds is 1. The quantitative estimate of drug-likeness (QED) is 0.735. The Morgan fingerprint density at radius 1 is 0.812 bits per heavy atom. The summed E-state index contributed by atoms with van der Waals surface area (Å²) in [5, 5.41) is 9.05. The van der Waals surface area contributed by atoms with Gasteiger partial charge in [-0.25, -0.2) is 4.68 Å². The third-order valence-corrected chi connectivity index (χ3v) is 3.46. The zero-order chi connectivity index (χ0) is 12.0. The van der Waals surface area contributed by atoms with Crippen molar-refractivity contribution in [1.29, 1.82) is 0 Å². The van der Waals surface area contributed by atoms with Gasteiger partial charge in [-0.1, -0.05) is 0 Å². The zero-order valence-electron chi connectivity index (χ0n) is 10.8. The number of aryl methyl sites for hydroxylation is 2. The molecule has 86 valence electrons. The number of nitrogens with zero attached hydrogens (tertiary/aromatic N) is 4. The summed E-state index contributed by atoms with van der Waals surface area (Å²) in [5.74, 6) is 0.939. The fraction of sp³-hybridized carbons (Fsp3) is 0.500. The molecule has 0 bridgehead atoms. The Morgan fingerprint density at radius 3 is 1.81 bits per heavy atom. The molecule has 0 atom stereocenters. The second-order valence-corrected chi connectivity index (χ2v) is 4.37. The summed E-state index contributed by atoms with van der Waals surface area (Å²) in [6.45, 7) is 10.4. The molecule has 0 aromatic carbocycles. The van der Waals surface area contributed by atoms with Gasteiger partial charge in [-0.2, -0.15) is 10.2 Å². The van der Waals surface area contributed by atoms with E-state index in [0.29, 0.717) is 0 Å². The Hall–Kier alpha value is -1.58. The normalized spacial score (nSPS) is 11.1. The largest absolute Gasteiger partial charge is 0.270 e. The molecule has 0 radical (unpaired) electrons. The summed E-state index contributed by atoms with van der Waals surface area (Å²) in [5.41, 5.74) is 5.84. The molecular formula is C12H18N4. The van der Waals surface area contributed by atoms with E-state index >= 15 is 0 Å². The predicted octanol–water partition coefficient (Wildman–Crippen LogP) is 2.15. The van der Waals surface area contributed by atoms with Gasteiger partial charge in [0.1, 0.15) is 0 Å². The van der Waals surface area contributed by atoms with Gasteiger partial charge >= 0.3 is 0 Å². The van der Waals surface area contributed by atoms with Crippen LogP contribution >= 0.6 is 0 Å². The Labute approximate surface area is 95.9 Å². The summed E-state index contributed by atoms with van der Waals surface area (Å²) in [6, 6.07) is 0. The molecule has 0 unspecified atom stereocenters. The van der Waals surface area contributed by atoms with E-state index in [1.165, 1.54) is 22.5 Å². The van der Waals surface area contributed by atoms with Crippen LogP contribution in [0.25, 0.3) is 5.82 Å². The minimum absolute atomic E-state index is 0.939. The molecule has 4 nitrogen and oxygen atoms in total. The predicted molar refractivity (Wildman–Crippen MR) is 64.0 cm³/mol. The highest BCUT2D eigenvalue weighted by atomic mass is 15.4. The van der Waals surface area contributed by atoms with Crippen molar-refractivity contribution in [3.63, 3.8) is 0 Å². The van der Waals surface area contributed by atoms with Crippen molar-refractivity contribution in [1.82, 2.24) is 19.6 Å². The van der Waals surface area contributed by atoms with Gasteiger partial charge < -0.3 is 0 Å². The van der Waals surface area contributed by atoms with Crippen molar-refractivity contribution in [2.75, 3.05) is 0 Å². The van der Waals surface area contributed by atoms with Gasteiger partial charge in [0.2, 0.25) is 0 Å². The van der Waals surface area contributed by atoms with Gasteiger partial charge in [-0.15, -0.1) is 0 Å². The van der Waals surface area contributed by atoms with Crippen LogP contribution in [0.15, 0.2) is 0 Å².